The molecule has 0 bridgehead atoms. The maximum Gasteiger partial charge on any atom is 0.407 e. The summed E-state index contributed by atoms with van der Waals surface area (Å²) in [6, 6.07) is 0. The van der Waals surface area contributed by atoms with E-state index in [-0.39, 0.29) is 13.2 Å². The van der Waals surface area contributed by atoms with Crippen LogP contribution in [0.3, 0.4) is 0 Å². The van der Waals surface area contributed by atoms with Gasteiger partial charge in [-0.3, -0.25) is 15.4 Å². The Morgan fingerprint density at radius 3 is 2.50 bits per heavy atom. The molecule has 0 aromatic heterocycles. The monoisotopic (exact) mass is 206 g/mol. The number of ether oxygens (including phenoxy) is 1. The van der Waals surface area contributed by atoms with Crippen molar-refractivity contribution in [3.05, 3.63) is 0 Å². The number of nitrogens with two attached hydrogens (primary N) is 1. The first-order valence-corrected chi connectivity index (χ1v) is 4.01. The van der Waals surface area contributed by atoms with E-state index in [0.717, 1.165) is 4.90 Å². The van der Waals surface area contributed by atoms with Crippen LogP contribution in [0.1, 0.15) is 6.92 Å². The van der Waals surface area contributed by atoms with Gasteiger partial charge in [-0.25, -0.2) is 4.79 Å². The van der Waals surface area contributed by atoms with Gasteiger partial charge in [-0.1, -0.05) is 0 Å². The van der Waals surface area contributed by atoms with Gasteiger partial charge >= 0.3 is 12.1 Å². The molecule has 0 aliphatic rings. The Bertz CT molecular complexity index is 206. The van der Waals surface area contributed by atoms with Crippen LogP contribution in [-0.4, -0.2) is 53.1 Å². The molecule has 82 valence electrons. The lowest BCUT2D eigenvalue weighted by atomic mass is 10.5. The Morgan fingerprint density at radius 1 is 1.57 bits per heavy atom. The van der Waals surface area contributed by atoms with Gasteiger partial charge in [-0.2, -0.15) is 0 Å². The minimum absolute atomic E-state index is 0.136. The van der Waals surface area contributed by atoms with E-state index in [4.69, 9.17) is 15.9 Å². The number of carbonyl (C=O) groups is 2. The molecule has 0 radical (unpaired) electrons. The van der Waals surface area contributed by atoms with Crippen LogP contribution in [-0.2, 0) is 9.53 Å². The average molecular weight is 206 g/mol. The maximum atomic E-state index is 11.0. The van der Waals surface area contributed by atoms with Crippen molar-refractivity contribution in [2.45, 2.75) is 13.2 Å². The molecule has 0 spiro atoms. The van der Waals surface area contributed by atoms with Crippen LogP contribution in [0.25, 0.3) is 0 Å². The van der Waals surface area contributed by atoms with E-state index >= 15 is 0 Å². The number of hydrogen-bond donors (Lipinski definition) is 3. The highest BCUT2D eigenvalue weighted by Crippen LogP contribution is 1.92. The Balaban J connectivity index is 4.02. The van der Waals surface area contributed by atoms with E-state index in [0.29, 0.717) is 0 Å². The average Bonchev–Trinajstić information content (AvgIpc) is 2.01. The van der Waals surface area contributed by atoms with Crippen LogP contribution >= 0.6 is 0 Å². The van der Waals surface area contributed by atoms with Crippen molar-refractivity contribution in [2.24, 2.45) is 5.73 Å². The number of nitrogens with zero attached hydrogens (tertiary/aromatic N) is 1. The van der Waals surface area contributed by atoms with Crippen LogP contribution in [0.2, 0.25) is 0 Å². The van der Waals surface area contributed by atoms with Gasteiger partial charge in [0, 0.05) is 6.54 Å². The molecule has 0 aromatic carbocycles. The van der Waals surface area contributed by atoms with E-state index < -0.39 is 24.8 Å². The summed E-state index contributed by atoms with van der Waals surface area (Å²) >= 11 is 0. The smallest absolute Gasteiger partial charge is 0.407 e. The van der Waals surface area contributed by atoms with Crippen molar-refractivity contribution in [3.8, 4) is 0 Å². The Kier molecular flexibility index (Phi) is 5.58. The zero-order valence-electron chi connectivity index (χ0n) is 7.84. The Morgan fingerprint density at radius 2 is 2.14 bits per heavy atom. The Hall–Kier alpha value is -1.34. The van der Waals surface area contributed by atoms with E-state index in [1.54, 1.807) is 0 Å². The maximum absolute atomic E-state index is 11.0. The zero-order valence-corrected chi connectivity index (χ0v) is 7.84. The highest BCUT2D eigenvalue weighted by atomic mass is 16.6. The summed E-state index contributed by atoms with van der Waals surface area (Å²) in [5.41, 5.74) is 5.16. The van der Waals surface area contributed by atoms with E-state index in [1.165, 1.54) is 6.92 Å². The van der Waals surface area contributed by atoms with Crippen LogP contribution < -0.4 is 5.73 Å². The molecule has 0 rings (SSSR count). The third-order valence-electron chi connectivity index (χ3n) is 1.28. The lowest BCUT2D eigenvalue weighted by molar-refractivity contribution is -0.148. The fourth-order valence-electron chi connectivity index (χ4n) is 0.763. The van der Waals surface area contributed by atoms with E-state index in [2.05, 4.69) is 4.74 Å². The molecule has 1 atom stereocenters. The number of esters is 1. The molecule has 0 aromatic rings. The van der Waals surface area contributed by atoms with Crippen LogP contribution in [0.5, 0.6) is 0 Å². The molecule has 7 nitrogen and oxygen atoms in total. The minimum Gasteiger partial charge on any atom is -0.465 e. The molecule has 0 aliphatic heterocycles. The summed E-state index contributed by atoms with van der Waals surface area (Å²) in [7, 11) is 0. The first kappa shape index (κ1) is 12.7. The molecular formula is C7H14N2O5. The van der Waals surface area contributed by atoms with Gasteiger partial charge in [0.2, 0.25) is 0 Å². The predicted octanol–water partition coefficient (Wildman–Crippen LogP) is -1.19. The normalized spacial score (nSPS) is 11.9. The van der Waals surface area contributed by atoms with Gasteiger partial charge in [0.25, 0.3) is 0 Å². The van der Waals surface area contributed by atoms with Crippen molar-refractivity contribution < 1.29 is 24.5 Å². The SMILES string of the molecule is CC(N)OC(=O)CN(CCO)C(=O)O. The van der Waals surface area contributed by atoms with E-state index in [9.17, 15) is 9.59 Å². The van der Waals surface area contributed by atoms with Gasteiger partial charge in [-0.05, 0) is 6.92 Å². The molecule has 14 heavy (non-hydrogen) atoms. The van der Waals surface area contributed by atoms with Gasteiger partial charge in [-0.15, -0.1) is 0 Å². The molecule has 0 heterocycles. The summed E-state index contributed by atoms with van der Waals surface area (Å²) in [6.07, 6.45) is -2.06. The van der Waals surface area contributed by atoms with Crippen LogP contribution in [0, 0.1) is 0 Å². The van der Waals surface area contributed by atoms with Gasteiger partial charge in [0.15, 0.2) is 0 Å². The summed E-state index contributed by atoms with van der Waals surface area (Å²) in [4.78, 5) is 22.2. The fourth-order valence-corrected chi connectivity index (χ4v) is 0.763. The predicted molar refractivity (Wildman–Crippen MR) is 46.4 cm³/mol. The second kappa shape index (κ2) is 6.17. The van der Waals surface area contributed by atoms with Crippen LogP contribution in [0.15, 0.2) is 0 Å². The summed E-state index contributed by atoms with van der Waals surface area (Å²) in [5, 5.41) is 17.1. The number of rotatable bonds is 5. The lowest BCUT2D eigenvalue weighted by Crippen LogP contribution is -2.39. The number of amides is 1. The first-order chi connectivity index (χ1) is 6.47. The van der Waals surface area contributed by atoms with Crippen molar-refractivity contribution in [2.75, 3.05) is 19.7 Å². The Labute approximate surface area is 81.1 Å². The molecule has 0 saturated carbocycles. The third kappa shape index (κ3) is 5.33. The number of carboxylic acid groups (broad SMARTS) is 1. The molecular weight excluding hydrogens is 192 g/mol. The zero-order chi connectivity index (χ0) is 11.1. The van der Waals surface area contributed by atoms with Crippen molar-refractivity contribution in [3.63, 3.8) is 0 Å². The number of carbonyl (C=O) groups excluding carboxylic acids is 1. The van der Waals surface area contributed by atoms with Crippen molar-refractivity contribution in [1.82, 2.24) is 4.90 Å². The highest BCUT2D eigenvalue weighted by molar-refractivity contribution is 5.77. The second-order valence-electron chi connectivity index (χ2n) is 2.62. The first-order valence-electron chi connectivity index (χ1n) is 4.01. The molecule has 1 unspecified atom stereocenters. The van der Waals surface area contributed by atoms with Crippen LogP contribution in [0.4, 0.5) is 4.79 Å². The molecule has 0 saturated heterocycles. The summed E-state index contributed by atoms with van der Waals surface area (Å²) in [6.45, 7) is 0.535. The molecule has 0 fully saturated rings. The third-order valence-corrected chi connectivity index (χ3v) is 1.28. The van der Waals surface area contributed by atoms with Gasteiger partial charge < -0.3 is 14.9 Å². The lowest BCUT2D eigenvalue weighted by Gasteiger charge is -2.17. The number of hydrogen-bond acceptors (Lipinski definition) is 5. The molecule has 4 N–H and O–H groups in total. The number of aliphatic hydroxyl groups is 1. The summed E-state index contributed by atoms with van der Waals surface area (Å²) in [5.74, 6) is -0.740. The van der Waals surface area contributed by atoms with Gasteiger partial charge in [0.05, 0.1) is 6.61 Å². The minimum atomic E-state index is -1.29. The molecule has 1 amide bonds. The van der Waals surface area contributed by atoms with E-state index in [1.807, 2.05) is 0 Å². The highest BCUT2D eigenvalue weighted by Gasteiger charge is 2.16. The van der Waals surface area contributed by atoms with Crippen molar-refractivity contribution in [1.29, 1.82) is 0 Å². The number of aliphatic hydroxyl groups excluding tert-OH is 1. The fraction of sp³-hybridized carbons (Fsp3) is 0.714. The van der Waals surface area contributed by atoms with Crippen molar-refractivity contribution >= 4 is 12.1 Å². The quantitative estimate of drug-likeness (QED) is 0.385. The second-order valence-corrected chi connectivity index (χ2v) is 2.62. The van der Waals surface area contributed by atoms with Gasteiger partial charge in [0.1, 0.15) is 12.8 Å². The molecule has 0 aliphatic carbocycles. The molecule has 7 heteroatoms. The summed E-state index contributed by atoms with van der Waals surface area (Å²) < 4.78 is 4.53. The topological polar surface area (TPSA) is 113 Å². The largest absolute Gasteiger partial charge is 0.465 e. The standard InChI is InChI=1S/C7H14N2O5/c1-5(8)14-6(11)4-9(2-3-10)7(12)13/h5,10H,2-4,8H2,1H3,(H,12,13).